The lowest BCUT2D eigenvalue weighted by molar-refractivity contribution is -0.00833. The summed E-state index contributed by atoms with van der Waals surface area (Å²) in [6.45, 7) is 7.56. The van der Waals surface area contributed by atoms with Gasteiger partial charge < -0.3 is 24.2 Å². The number of aryl methyl sites for hydroxylation is 1. The van der Waals surface area contributed by atoms with Crippen LogP contribution in [0.5, 0.6) is 11.5 Å². The first-order valence-electron chi connectivity index (χ1n) is 16.7. The van der Waals surface area contributed by atoms with Gasteiger partial charge in [-0.3, -0.25) is 9.52 Å². The molecule has 0 aliphatic carbocycles. The molecule has 0 fully saturated rings. The van der Waals surface area contributed by atoms with Crippen molar-refractivity contribution in [2.75, 3.05) is 45.2 Å². The van der Waals surface area contributed by atoms with Crippen molar-refractivity contribution < 1.29 is 40.9 Å². The summed E-state index contributed by atoms with van der Waals surface area (Å²) in [5.74, 6) is -0.0627. The van der Waals surface area contributed by atoms with E-state index in [9.17, 15) is 26.7 Å². The van der Waals surface area contributed by atoms with Crippen molar-refractivity contribution in [2.45, 2.75) is 75.0 Å². The molecular weight excluding hydrogens is 683 g/mol. The second kappa shape index (κ2) is 17.0. The minimum absolute atomic E-state index is 0.0133. The smallest absolute Gasteiger partial charge is 0.261 e. The average Bonchev–Trinajstić information content (AvgIpc) is 3.09. The van der Waals surface area contributed by atoms with Gasteiger partial charge in [0.2, 0.25) is 10.0 Å². The number of hydrogen-bond donors (Lipinski definition) is 2. The van der Waals surface area contributed by atoms with E-state index in [1.807, 2.05) is 20.8 Å². The predicted molar refractivity (Wildman–Crippen MR) is 192 cm³/mol. The number of methoxy groups -OCH3 is 1. The Morgan fingerprint density at radius 3 is 2.30 bits per heavy atom. The molecule has 0 aromatic heterocycles. The van der Waals surface area contributed by atoms with E-state index in [-0.39, 0.29) is 58.5 Å². The lowest BCUT2D eigenvalue weighted by Gasteiger charge is -2.35. The van der Waals surface area contributed by atoms with Gasteiger partial charge in [0, 0.05) is 38.3 Å². The third-order valence-electron chi connectivity index (χ3n) is 8.84. The molecule has 274 valence electrons. The number of amides is 1. The Labute approximate surface area is 296 Å². The summed E-state index contributed by atoms with van der Waals surface area (Å²) in [6, 6.07) is 16.5. The Morgan fingerprint density at radius 2 is 1.66 bits per heavy atom. The van der Waals surface area contributed by atoms with Crippen molar-refractivity contribution in [3.63, 3.8) is 0 Å². The Bertz CT molecular complexity index is 1800. The van der Waals surface area contributed by atoms with E-state index in [0.717, 1.165) is 12.0 Å². The molecule has 0 spiro atoms. The summed E-state index contributed by atoms with van der Waals surface area (Å²) < 4.78 is 75.0. The van der Waals surface area contributed by atoms with Crippen LogP contribution in [-0.4, -0.2) is 95.8 Å². The van der Waals surface area contributed by atoms with Gasteiger partial charge in [-0.05, 0) is 94.6 Å². The number of hydrogen-bond acceptors (Lipinski definition) is 9. The number of nitrogens with zero attached hydrogens (tertiary/aromatic N) is 2. The Kier molecular flexibility index (Phi) is 13.3. The van der Waals surface area contributed by atoms with E-state index in [4.69, 9.17) is 14.2 Å². The van der Waals surface area contributed by atoms with Crippen LogP contribution in [0, 0.1) is 12.8 Å². The molecule has 3 aromatic rings. The first-order chi connectivity index (χ1) is 23.7. The normalized spacial score (nSPS) is 20.4. The van der Waals surface area contributed by atoms with Gasteiger partial charge in [0.25, 0.3) is 15.9 Å². The van der Waals surface area contributed by atoms with Crippen molar-refractivity contribution in [3.8, 4) is 11.5 Å². The minimum atomic E-state index is -4.02. The summed E-state index contributed by atoms with van der Waals surface area (Å²) in [5, 5.41) is 10.2. The Hall–Kier alpha value is -3.69. The van der Waals surface area contributed by atoms with E-state index in [0.29, 0.717) is 25.2 Å². The van der Waals surface area contributed by atoms with Crippen LogP contribution in [0.25, 0.3) is 0 Å². The number of carbonyl (C=O) groups is 1. The molecule has 4 rings (SSSR count). The molecule has 2 N–H and O–H groups in total. The van der Waals surface area contributed by atoms with Gasteiger partial charge in [-0.25, -0.2) is 16.8 Å². The SMILES string of the molecule is COc1ccc(S(=O)(=O)Nc2ccc3c(c2)C(=O)N([C@H](C)CO)C[C@H](C)[C@@H](CN(C)S(=O)(=O)c2ccc(C)cc2)OCCCC[C@H](C)O3)cc1. The number of likely N-dealkylation sites (N-methyl/N-ethyl adjacent to an activating group) is 1. The second-order valence-corrected chi connectivity index (χ2v) is 16.6. The first kappa shape index (κ1) is 39.1. The zero-order valence-corrected chi connectivity index (χ0v) is 31.2. The van der Waals surface area contributed by atoms with Crippen LogP contribution in [0.3, 0.4) is 0 Å². The van der Waals surface area contributed by atoms with Crippen molar-refractivity contribution in [1.82, 2.24) is 9.21 Å². The number of ether oxygens (including phenoxy) is 3. The van der Waals surface area contributed by atoms with Crippen LogP contribution < -0.4 is 14.2 Å². The number of aliphatic hydroxyl groups is 1. The van der Waals surface area contributed by atoms with Crippen molar-refractivity contribution >= 4 is 31.6 Å². The van der Waals surface area contributed by atoms with E-state index in [1.165, 1.54) is 41.6 Å². The highest BCUT2D eigenvalue weighted by molar-refractivity contribution is 7.92. The summed E-state index contributed by atoms with van der Waals surface area (Å²) in [5.41, 5.74) is 1.22. The topological polar surface area (TPSA) is 152 Å². The monoisotopic (exact) mass is 731 g/mol. The van der Waals surface area contributed by atoms with Gasteiger partial charge >= 0.3 is 0 Å². The van der Waals surface area contributed by atoms with Gasteiger partial charge in [-0.1, -0.05) is 24.6 Å². The van der Waals surface area contributed by atoms with Crippen molar-refractivity contribution in [3.05, 3.63) is 77.9 Å². The quantitative estimate of drug-likeness (QED) is 0.296. The molecule has 0 bridgehead atoms. The van der Waals surface area contributed by atoms with Gasteiger partial charge in [-0.2, -0.15) is 4.31 Å². The molecule has 50 heavy (non-hydrogen) atoms. The fourth-order valence-corrected chi connectivity index (χ4v) is 7.89. The molecule has 0 saturated carbocycles. The molecule has 0 unspecified atom stereocenters. The summed E-state index contributed by atoms with van der Waals surface area (Å²) in [6.07, 6.45) is 1.26. The molecule has 4 atom stereocenters. The van der Waals surface area contributed by atoms with Crippen molar-refractivity contribution in [1.29, 1.82) is 0 Å². The maximum absolute atomic E-state index is 14.4. The molecule has 1 aliphatic heterocycles. The number of anilines is 1. The van der Waals surface area contributed by atoms with Crippen LogP contribution in [0.4, 0.5) is 5.69 Å². The molecule has 12 nitrogen and oxygen atoms in total. The van der Waals surface area contributed by atoms with Crippen LogP contribution in [0.15, 0.2) is 76.5 Å². The lowest BCUT2D eigenvalue weighted by Crippen LogP contribution is -2.48. The third-order valence-corrected chi connectivity index (χ3v) is 12.1. The largest absolute Gasteiger partial charge is 0.497 e. The number of benzene rings is 3. The van der Waals surface area contributed by atoms with Gasteiger partial charge in [-0.15, -0.1) is 0 Å². The van der Waals surface area contributed by atoms with Crippen LogP contribution in [0.2, 0.25) is 0 Å². The molecule has 14 heteroatoms. The number of carbonyl (C=O) groups excluding carboxylic acids is 1. The number of aliphatic hydroxyl groups excluding tert-OH is 1. The van der Waals surface area contributed by atoms with Gasteiger partial charge in [0.1, 0.15) is 11.5 Å². The molecule has 0 saturated heterocycles. The Morgan fingerprint density at radius 1 is 1.00 bits per heavy atom. The molecule has 1 amide bonds. The second-order valence-electron chi connectivity index (χ2n) is 12.9. The van der Waals surface area contributed by atoms with Crippen LogP contribution in [0.1, 0.15) is 56.0 Å². The van der Waals surface area contributed by atoms with E-state index < -0.39 is 38.1 Å². The maximum atomic E-state index is 14.4. The highest BCUT2D eigenvalue weighted by atomic mass is 32.2. The summed E-state index contributed by atoms with van der Waals surface area (Å²) in [4.78, 5) is 16.1. The van der Waals surface area contributed by atoms with Crippen LogP contribution in [-0.2, 0) is 24.8 Å². The number of rotatable bonds is 10. The molecule has 0 radical (unpaired) electrons. The van der Waals surface area contributed by atoms with Crippen LogP contribution >= 0.6 is 0 Å². The van der Waals surface area contributed by atoms with Gasteiger partial charge in [0.15, 0.2) is 0 Å². The molecular formula is C36H49N3O9S2. The number of sulfonamides is 2. The fraction of sp³-hybridized carbons (Fsp3) is 0.472. The standard InChI is InChI=1S/C36H49N3O9S2/c1-25-10-15-32(16-11-25)50(44,45)38(5)23-35-26(2)22-39(27(3)24-40)36(41)33-21-29(12-19-34(33)48-28(4)9-7-8-20-47-35)37-49(42,43)31-17-13-30(46-6)14-18-31/h10-19,21,26-28,35,37,40H,7-9,20,22-24H2,1-6H3/t26-,27+,28-,35+/m0/s1. The lowest BCUT2D eigenvalue weighted by atomic mass is 10.0. The van der Waals surface area contributed by atoms with E-state index >= 15 is 0 Å². The highest BCUT2D eigenvalue weighted by Gasteiger charge is 2.32. The molecule has 3 aromatic carbocycles. The Balaban J connectivity index is 1.67. The van der Waals surface area contributed by atoms with E-state index in [1.54, 1.807) is 55.5 Å². The summed E-state index contributed by atoms with van der Waals surface area (Å²) >= 11 is 0. The zero-order valence-electron chi connectivity index (χ0n) is 29.5. The first-order valence-corrected chi connectivity index (χ1v) is 19.6. The fourth-order valence-electron chi connectivity index (χ4n) is 5.66. The molecule has 1 aliphatic rings. The zero-order chi connectivity index (χ0) is 36.6. The molecule has 1 heterocycles. The number of fused-ring (bicyclic) bond motifs is 1. The number of nitrogens with one attached hydrogen (secondary N) is 1. The van der Waals surface area contributed by atoms with Gasteiger partial charge in [0.05, 0.1) is 47.3 Å². The van der Waals surface area contributed by atoms with Crippen molar-refractivity contribution in [2.24, 2.45) is 5.92 Å². The minimum Gasteiger partial charge on any atom is -0.497 e. The predicted octanol–water partition coefficient (Wildman–Crippen LogP) is 4.92. The van der Waals surface area contributed by atoms with E-state index in [2.05, 4.69) is 4.72 Å². The summed E-state index contributed by atoms with van der Waals surface area (Å²) in [7, 11) is -4.84. The maximum Gasteiger partial charge on any atom is 0.261 e. The highest BCUT2D eigenvalue weighted by Crippen LogP contribution is 2.30. The average molecular weight is 732 g/mol. The third kappa shape index (κ3) is 9.75.